The lowest BCUT2D eigenvalue weighted by atomic mass is 9.98. The van der Waals surface area contributed by atoms with Gasteiger partial charge in [0.2, 0.25) is 0 Å². The summed E-state index contributed by atoms with van der Waals surface area (Å²) in [5.74, 6) is -0.237. The summed E-state index contributed by atoms with van der Waals surface area (Å²) < 4.78 is 13.9. The first-order valence-electron chi connectivity index (χ1n) is 7.58. The van der Waals surface area contributed by atoms with E-state index in [0.29, 0.717) is 5.69 Å². The lowest BCUT2D eigenvalue weighted by Gasteiger charge is -2.12. The molecule has 0 aliphatic rings. The standard InChI is InChI=1S/C19H23FN2/c1-5-22(4)13-21-19-12-18(20)11-17(15(19)3)10-16-8-6-14(2)7-9-16/h6-9,11-13H,5,10H2,1-4H3/b21-13+. The first-order chi connectivity index (χ1) is 10.5. The quantitative estimate of drug-likeness (QED) is 0.580. The normalized spacial score (nSPS) is 11.1. The summed E-state index contributed by atoms with van der Waals surface area (Å²) >= 11 is 0. The average molecular weight is 298 g/mol. The van der Waals surface area contributed by atoms with Crippen molar-refractivity contribution in [2.75, 3.05) is 13.6 Å². The van der Waals surface area contributed by atoms with Crippen LogP contribution >= 0.6 is 0 Å². The third kappa shape index (κ3) is 4.17. The molecule has 0 radical (unpaired) electrons. The summed E-state index contributed by atoms with van der Waals surface area (Å²) in [5, 5.41) is 0. The Morgan fingerprint density at radius 1 is 1.14 bits per heavy atom. The van der Waals surface area contributed by atoms with Gasteiger partial charge in [0.15, 0.2) is 0 Å². The number of halogens is 1. The monoisotopic (exact) mass is 298 g/mol. The minimum Gasteiger partial charge on any atom is -0.366 e. The Morgan fingerprint density at radius 3 is 2.45 bits per heavy atom. The van der Waals surface area contributed by atoms with Gasteiger partial charge >= 0.3 is 0 Å². The van der Waals surface area contributed by atoms with E-state index in [1.165, 1.54) is 17.2 Å². The Morgan fingerprint density at radius 2 is 1.82 bits per heavy atom. The molecule has 0 aliphatic heterocycles. The highest BCUT2D eigenvalue weighted by atomic mass is 19.1. The van der Waals surface area contributed by atoms with E-state index in [0.717, 1.165) is 24.1 Å². The fourth-order valence-electron chi connectivity index (χ4n) is 2.21. The number of rotatable bonds is 5. The Labute approximate surface area is 132 Å². The van der Waals surface area contributed by atoms with E-state index >= 15 is 0 Å². The van der Waals surface area contributed by atoms with Gasteiger partial charge in [-0.3, -0.25) is 0 Å². The number of benzene rings is 2. The first-order valence-corrected chi connectivity index (χ1v) is 7.58. The van der Waals surface area contributed by atoms with Crippen LogP contribution in [0.5, 0.6) is 0 Å². The molecule has 2 aromatic carbocycles. The van der Waals surface area contributed by atoms with Crippen LogP contribution in [0.15, 0.2) is 41.4 Å². The zero-order valence-electron chi connectivity index (χ0n) is 13.7. The van der Waals surface area contributed by atoms with Crippen LogP contribution in [0, 0.1) is 19.7 Å². The molecular formula is C19H23FN2. The summed E-state index contributed by atoms with van der Waals surface area (Å²) in [7, 11) is 1.95. The van der Waals surface area contributed by atoms with Gasteiger partial charge in [-0.25, -0.2) is 9.38 Å². The molecule has 0 aliphatic carbocycles. The van der Waals surface area contributed by atoms with E-state index in [1.807, 2.05) is 25.8 Å². The number of hydrogen-bond donors (Lipinski definition) is 0. The molecule has 0 atom stereocenters. The Balaban J connectivity index is 2.30. The van der Waals surface area contributed by atoms with Crippen LogP contribution in [0.3, 0.4) is 0 Å². The summed E-state index contributed by atoms with van der Waals surface area (Å²) in [6.07, 6.45) is 2.47. The zero-order valence-corrected chi connectivity index (χ0v) is 13.7. The SMILES string of the molecule is CCN(C)/C=N/c1cc(F)cc(Cc2ccc(C)cc2)c1C. The van der Waals surface area contributed by atoms with Crippen molar-refractivity contribution < 1.29 is 4.39 Å². The van der Waals surface area contributed by atoms with E-state index in [-0.39, 0.29) is 5.82 Å². The number of aryl methyl sites for hydroxylation is 1. The van der Waals surface area contributed by atoms with E-state index in [2.05, 4.69) is 36.2 Å². The van der Waals surface area contributed by atoms with Crippen LogP contribution in [-0.2, 0) is 6.42 Å². The molecule has 0 saturated carbocycles. The molecule has 3 heteroatoms. The molecule has 0 fully saturated rings. The Bertz CT molecular complexity index is 660. The van der Waals surface area contributed by atoms with E-state index in [4.69, 9.17) is 0 Å². The maximum Gasteiger partial charge on any atom is 0.125 e. The van der Waals surface area contributed by atoms with Gasteiger partial charge in [-0.05, 0) is 56.0 Å². The van der Waals surface area contributed by atoms with Gasteiger partial charge in [0.25, 0.3) is 0 Å². The second-order valence-electron chi connectivity index (χ2n) is 5.69. The highest BCUT2D eigenvalue weighted by molar-refractivity contribution is 5.64. The van der Waals surface area contributed by atoms with Gasteiger partial charge in [-0.2, -0.15) is 0 Å². The van der Waals surface area contributed by atoms with Crippen LogP contribution in [0.2, 0.25) is 0 Å². The maximum absolute atomic E-state index is 13.9. The molecule has 22 heavy (non-hydrogen) atoms. The van der Waals surface area contributed by atoms with Crippen LogP contribution in [0.1, 0.15) is 29.2 Å². The number of nitrogens with zero attached hydrogens (tertiary/aromatic N) is 2. The molecule has 116 valence electrons. The fraction of sp³-hybridized carbons (Fsp3) is 0.316. The molecule has 0 aromatic heterocycles. The average Bonchev–Trinajstić information content (AvgIpc) is 2.50. The van der Waals surface area contributed by atoms with Gasteiger partial charge in [0.05, 0.1) is 12.0 Å². The van der Waals surface area contributed by atoms with Crippen molar-refractivity contribution >= 4 is 12.0 Å². The molecule has 0 amide bonds. The van der Waals surface area contributed by atoms with Gasteiger partial charge in [-0.1, -0.05) is 29.8 Å². The van der Waals surface area contributed by atoms with Crippen molar-refractivity contribution in [3.63, 3.8) is 0 Å². The van der Waals surface area contributed by atoms with Crippen molar-refractivity contribution in [2.45, 2.75) is 27.2 Å². The molecule has 2 aromatic rings. The molecule has 0 N–H and O–H groups in total. The second kappa shape index (κ2) is 7.21. The topological polar surface area (TPSA) is 15.6 Å². The first kappa shape index (κ1) is 16.2. The summed E-state index contributed by atoms with van der Waals surface area (Å²) in [4.78, 5) is 6.38. The van der Waals surface area contributed by atoms with E-state index in [9.17, 15) is 4.39 Å². The van der Waals surface area contributed by atoms with Crippen LogP contribution in [0.4, 0.5) is 10.1 Å². The Hall–Kier alpha value is -2.16. The lowest BCUT2D eigenvalue weighted by molar-refractivity contribution is 0.552. The maximum atomic E-state index is 13.9. The van der Waals surface area contributed by atoms with Gasteiger partial charge in [0.1, 0.15) is 5.82 Å². The van der Waals surface area contributed by atoms with Gasteiger partial charge in [-0.15, -0.1) is 0 Å². The largest absolute Gasteiger partial charge is 0.366 e. The minimum absolute atomic E-state index is 0.237. The van der Waals surface area contributed by atoms with Gasteiger partial charge in [0, 0.05) is 13.6 Å². The molecule has 2 nitrogen and oxygen atoms in total. The summed E-state index contributed by atoms with van der Waals surface area (Å²) in [6, 6.07) is 11.4. The van der Waals surface area contributed by atoms with Crippen molar-refractivity contribution in [3.8, 4) is 0 Å². The number of aliphatic imine (C=N–C) groups is 1. The zero-order chi connectivity index (χ0) is 16.1. The molecule has 0 heterocycles. The van der Waals surface area contributed by atoms with Crippen molar-refractivity contribution in [1.82, 2.24) is 4.90 Å². The van der Waals surface area contributed by atoms with Crippen molar-refractivity contribution in [1.29, 1.82) is 0 Å². The summed E-state index contributed by atoms with van der Waals surface area (Å²) in [6.45, 7) is 6.98. The van der Waals surface area contributed by atoms with E-state index < -0.39 is 0 Å². The molecular weight excluding hydrogens is 275 g/mol. The van der Waals surface area contributed by atoms with Crippen LogP contribution in [-0.4, -0.2) is 24.8 Å². The summed E-state index contributed by atoms with van der Waals surface area (Å²) in [5.41, 5.74) is 5.12. The second-order valence-corrected chi connectivity index (χ2v) is 5.69. The third-order valence-electron chi connectivity index (χ3n) is 3.86. The highest BCUT2D eigenvalue weighted by Gasteiger charge is 2.08. The molecule has 0 saturated heterocycles. The third-order valence-corrected chi connectivity index (χ3v) is 3.86. The predicted octanol–water partition coefficient (Wildman–Crippen LogP) is 4.64. The predicted molar refractivity (Wildman–Crippen MR) is 91.6 cm³/mol. The molecule has 2 rings (SSSR count). The van der Waals surface area contributed by atoms with Gasteiger partial charge < -0.3 is 4.90 Å². The highest BCUT2D eigenvalue weighted by Crippen LogP contribution is 2.26. The molecule has 0 bridgehead atoms. The van der Waals surface area contributed by atoms with Crippen molar-refractivity contribution in [3.05, 3.63) is 64.5 Å². The van der Waals surface area contributed by atoms with Crippen LogP contribution in [0.25, 0.3) is 0 Å². The minimum atomic E-state index is -0.237. The van der Waals surface area contributed by atoms with E-state index in [1.54, 1.807) is 12.4 Å². The molecule has 0 spiro atoms. The smallest absolute Gasteiger partial charge is 0.125 e. The number of hydrogen-bond acceptors (Lipinski definition) is 1. The fourth-order valence-corrected chi connectivity index (χ4v) is 2.21. The molecule has 0 unspecified atom stereocenters. The van der Waals surface area contributed by atoms with Crippen molar-refractivity contribution in [2.24, 2.45) is 4.99 Å². The Kier molecular flexibility index (Phi) is 5.31. The lowest BCUT2D eigenvalue weighted by Crippen LogP contribution is -2.14. The van der Waals surface area contributed by atoms with Crippen LogP contribution < -0.4 is 0 Å².